The molecule has 0 aliphatic rings. The van der Waals surface area contributed by atoms with E-state index in [0.717, 1.165) is 66.1 Å². The molecule has 0 unspecified atom stereocenters. The molecule has 0 saturated heterocycles. The van der Waals surface area contributed by atoms with Crippen LogP contribution in [-0.4, -0.2) is 4.98 Å². The summed E-state index contributed by atoms with van der Waals surface area (Å²) in [4.78, 5) is 3.73. The van der Waals surface area contributed by atoms with Crippen LogP contribution in [0.2, 0.25) is 5.02 Å². The quantitative estimate of drug-likeness (QED) is 0.229. The van der Waals surface area contributed by atoms with Crippen LogP contribution in [0, 0.1) is 11.3 Å². The summed E-state index contributed by atoms with van der Waals surface area (Å²) in [6, 6.07) is 47.2. The van der Waals surface area contributed by atoms with Crippen LogP contribution in [0.15, 0.2) is 138 Å². The third-order valence-electron chi connectivity index (χ3n) is 8.10. The van der Waals surface area contributed by atoms with Crippen molar-refractivity contribution in [1.29, 1.82) is 5.26 Å². The number of hydrogen-bond donors (Lipinski definition) is 1. The molecule has 2 aromatic heterocycles. The molecule has 0 radical (unpaired) electrons. The van der Waals surface area contributed by atoms with E-state index >= 15 is 0 Å². The Labute approximate surface area is 253 Å². The lowest BCUT2D eigenvalue weighted by Crippen LogP contribution is -1.94. The van der Waals surface area contributed by atoms with Gasteiger partial charge in [0.15, 0.2) is 5.58 Å². The molecular weight excluding hydrogens is 548 g/mol. The molecule has 0 bridgehead atoms. The molecule has 2 heterocycles. The predicted octanol–water partition coefficient (Wildman–Crippen LogP) is 11.3. The summed E-state index contributed by atoms with van der Waals surface area (Å²) in [5.41, 5.74) is 9.36. The van der Waals surface area contributed by atoms with Crippen molar-refractivity contribution in [3.8, 4) is 50.8 Å². The van der Waals surface area contributed by atoms with Crippen molar-refractivity contribution in [2.75, 3.05) is 0 Å². The van der Waals surface area contributed by atoms with Crippen LogP contribution in [-0.2, 0) is 0 Å². The Hall–Kier alpha value is -5.56. The van der Waals surface area contributed by atoms with E-state index in [9.17, 15) is 5.26 Å². The molecular formula is C39H23ClN2O. The number of rotatable bonds is 4. The highest BCUT2D eigenvalue weighted by atomic mass is 35.5. The van der Waals surface area contributed by atoms with Gasteiger partial charge in [0.25, 0.3) is 0 Å². The third kappa shape index (κ3) is 3.96. The van der Waals surface area contributed by atoms with E-state index in [1.54, 1.807) is 0 Å². The molecule has 202 valence electrons. The smallest absolute Gasteiger partial charge is 0.155 e. The maximum Gasteiger partial charge on any atom is 0.155 e. The maximum atomic E-state index is 11.0. The molecule has 0 amide bonds. The Bertz CT molecular complexity index is 2330. The van der Waals surface area contributed by atoms with Crippen molar-refractivity contribution in [3.63, 3.8) is 0 Å². The fourth-order valence-corrected chi connectivity index (χ4v) is 6.57. The van der Waals surface area contributed by atoms with Gasteiger partial charge in [0.05, 0.1) is 10.9 Å². The second-order valence-corrected chi connectivity index (χ2v) is 11.0. The molecule has 0 aliphatic heterocycles. The number of H-pyrrole nitrogens is 1. The van der Waals surface area contributed by atoms with Crippen LogP contribution >= 0.6 is 11.6 Å². The number of nitrogens with one attached hydrogen (secondary N) is 1. The lowest BCUT2D eigenvalue weighted by atomic mass is 9.87. The second-order valence-electron chi connectivity index (χ2n) is 10.6. The first-order valence-electron chi connectivity index (χ1n) is 14.1. The summed E-state index contributed by atoms with van der Waals surface area (Å²) in [5.74, 6) is 0.677. The van der Waals surface area contributed by atoms with Crippen molar-refractivity contribution in [3.05, 3.63) is 144 Å². The van der Waals surface area contributed by atoms with Gasteiger partial charge >= 0.3 is 0 Å². The summed E-state index contributed by atoms with van der Waals surface area (Å²) in [6.45, 7) is 0. The van der Waals surface area contributed by atoms with Crippen LogP contribution in [0.3, 0.4) is 0 Å². The fourth-order valence-electron chi connectivity index (χ4n) is 6.35. The maximum absolute atomic E-state index is 11.0. The van der Waals surface area contributed by atoms with Gasteiger partial charge in [-0.1, -0.05) is 133 Å². The first-order chi connectivity index (χ1) is 21.2. The molecule has 6 aromatic carbocycles. The molecule has 0 spiro atoms. The van der Waals surface area contributed by atoms with Gasteiger partial charge in [0, 0.05) is 38.2 Å². The molecule has 4 heteroatoms. The highest BCUT2D eigenvalue weighted by Crippen LogP contribution is 2.50. The molecule has 3 nitrogen and oxygen atoms in total. The first-order valence-corrected chi connectivity index (χ1v) is 14.5. The van der Waals surface area contributed by atoms with Gasteiger partial charge in [-0.25, -0.2) is 0 Å². The molecule has 1 N–H and O–H groups in total. The Morgan fingerprint density at radius 3 is 1.65 bits per heavy atom. The lowest BCUT2D eigenvalue weighted by molar-refractivity contribution is 0.625. The highest BCUT2D eigenvalue weighted by molar-refractivity contribution is 6.35. The van der Waals surface area contributed by atoms with Gasteiger partial charge in [-0.15, -0.1) is 0 Å². The standard InChI is InChI=1S/C39H23ClN2O/c40-28-21-29-33(25-15-7-2-8-16-25)38(27-19-11-4-12-20-27)43-39-30(23-41)32(24-13-5-1-6-14-24)34(26-17-9-3-10-18-26)37-36(39)35(29)31(22-28)42-37/h1-22,42H. The predicted molar refractivity (Wildman–Crippen MR) is 177 cm³/mol. The molecule has 0 fully saturated rings. The van der Waals surface area contributed by atoms with E-state index in [1.807, 2.05) is 109 Å². The van der Waals surface area contributed by atoms with Gasteiger partial charge < -0.3 is 9.40 Å². The van der Waals surface area contributed by atoms with E-state index in [4.69, 9.17) is 16.0 Å². The molecule has 8 rings (SSSR count). The Balaban J connectivity index is 1.71. The van der Waals surface area contributed by atoms with Gasteiger partial charge in [-0.3, -0.25) is 0 Å². The van der Waals surface area contributed by atoms with E-state index in [2.05, 4.69) is 35.3 Å². The zero-order valence-corrected chi connectivity index (χ0v) is 23.7. The Kier molecular flexibility index (Phi) is 5.89. The largest absolute Gasteiger partial charge is 0.454 e. The van der Waals surface area contributed by atoms with Crippen molar-refractivity contribution in [2.24, 2.45) is 0 Å². The lowest BCUT2D eigenvalue weighted by Gasteiger charge is -2.15. The van der Waals surface area contributed by atoms with Crippen LogP contribution in [0.1, 0.15) is 5.56 Å². The summed E-state index contributed by atoms with van der Waals surface area (Å²) in [7, 11) is 0. The van der Waals surface area contributed by atoms with Gasteiger partial charge in [-0.05, 0) is 34.2 Å². The topological polar surface area (TPSA) is 52.7 Å². The molecule has 0 atom stereocenters. The van der Waals surface area contributed by atoms with Crippen molar-refractivity contribution >= 4 is 44.4 Å². The minimum Gasteiger partial charge on any atom is -0.454 e. The molecule has 0 saturated carbocycles. The molecule has 0 aliphatic carbocycles. The summed E-state index contributed by atoms with van der Waals surface area (Å²) in [5, 5.41) is 14.4. The number of nitrogens with zero attached hydrogens (tertiary/aromatic N) is 1. The monoisotopic (exact) mass is 570 g/mol. The molecule has 43 heavy (non-hydrogen) atoms. The SMILES string of the molecule is N#Cc1c(-c2ccccc2)c(-c2ccccc2)c2[nH]c3cc(Cl)cc4c(-c5ccccc5)c(-c5ccccc5)oc1c2c34. The summed E-state index contributed by atoms with van der Waals surface area (Å²) in [6.07, 6.45) is 0. The minimum absolute atomic E-state index is 0.488. The minimum atomic E-state index is 0.488. The van der Waals surface area contributed by atoms with E-state index < -0.39 is 0 Å². The Morgan fingerprint density at radius 1 is 0.581 bits per heavy atom. The first kappa shape index (κ1) is 25.2. The number of aromatic nitrogens is 1. The number of nitriles is 1. The zero-order valence-electron chi connectivity index (χ0n) is 22.9. The van der Waals surface area contributed by atoms with Crippen molar-refractivity contribution in [1.82, 2.24) is 4.98 Å². The number of aromatic amines is 1. The van der Waals surface area contributed by atoms with Crippen molar-refractivity contribution < 1.29 is 4.42 Å². The number of hydrogen-bond acceptors (Lipinski definition) is 2. The fraction of sp³-hybridized carbons (Fsp3) is 0. The summed E-state index contributed by atoms with van der Waals surface area (Å²) >= 11 is 6.86. The van der Waals surface area contributed by atoms with E-state index in [-0.39, 0.29) is 0 Å². The average Bonchev–Trinajstić information content (AvgIpc) is 3.36. The normalized spacial score (nSPS) is 11.3. The zero-order chi connectivity index (χ0) is 28.9. The molecule has 8 aromatic rings. The Morgan fingerprint density at radius 2 is 1.09 bits per heavy atom. The van der Waals surface area contributed by atoms with E-state index in [0.29, 0.717) is 21.9 Å². The number of benzene rings is 6. The van der Waals surface area contributed by atoms with Gasteiger partial charge in [0.2, 0.25) is 0 Å². The van der Waals surface area contributed by atoms with Gasteiger partial charge in [-0.2, -0.15) is 5.26 Å². The second kappa shape index (κ2) is 10.1. The van der Waals surface area contributed by atoms with Crippen LogP contribution in [0.5, 0.6) is 0 Å². The van der Waals surface area contributed by atoms with E-state index in [1.165, 1.54) is 0 Å². The third-order valence-corrected chi connectivity index (χ3v) is 8.32. The van der Waals surface area contributed by atoms with Crippen molar-refractivity contribution in [2.45, 2.75) is 0 Å². The van der Waals surface area contributed by atoms with Crippen LogP contribution < -0.4 is 0 Å². The van der Waals surface area contributed by atoms with Gasteiger partial charge in [0.1, 0.15) is 17.4 Å². The van der Waals surface area contributed by atoms with Crippen LogP contribution in [0.4, 0.5) is 0 Å². The number of halogens is 1. The average molecular weight is 571 g/mol. The highest BCUT2D eigenvalue weighted by Gasteiger charge is 2.28. The van der Waals surface area contributed by atoms with Crippen LogP contribution in [0.25, 0.3) is 77.5 Å². The summed E-state index contributed by atoms with van der Waals surface area (Å²) < 4.78 is 7.10.